The number of carbonyl (C=O) groups is 1. The molecule has 22 heavy (non-hydrogen) atoms. The van der Waals surface area contributed by atoms with Crippen molar-refractivity contribution in [1.29, 1.82) is 0 Å². The number of aromatic nitrogens is 2. The van der Waals surface area contributed by atoms with Gasteiger partial charge in [0.25, 0.3) is 0 Å². The number of likely N-dealkylation sites (tertiary alicyclic amines) is 1. The lowest BCUT2D eigenvalue weighted by Gasteiger charge is -2.36. The Labute approximate surface area is 131 Å². The van der Waals surface area contributed by atoms with Gasteiger partial charge in [-0.1, -0.05) is 11.6 Å². The summed E-state index contributed by atoms with van der Waals surface area (Å²) in [5.41, 5.74) is 6.03. The predicted molar refractivity (Wildman–Crippen MR) is 82.0 cm³/mol. The molecule has 6 heteroatoms. The number of piperidine rings is 1. The molecule has 0 unspecified atom stereocenters. The molecule has 0 bridgehead atoms. The van der Waals surface area contributed by atoms with Crippen LogP contribution in [-0.4, -0.2) is 40.1 Å². The van der Waals surface area contributed by atoms with Gasteiger partial charge in [-0.05, 0) is 38.0 Å². The molecule has 2 heterocycles. The highest BCUT2D eigenvalue weighted by molar-refractivity contribution is 5.79. The van der Waals surface area contributed by atoms with Crippen molar-refractivity contribution in [3.05, 3.63) is 11.7 Å². The van der Waals surface area contributed by atoms with Gasteiger partial charge in [0.05, 0.1) is 0 Å². The number of amides is 1. The fraction of sp³-hybridized carbons (Fsp3) is 0.812. The van der Waals surface area contributed by atoms with E-state index in [0.717, 1.165) is 63.9 Å². The number of hydrogen-bond acceptors (Lipinski definition) is 5. The molecule has 1 aromatic heterocycles. The second-order valence-electron chi connectivity index (χ2n) is 6.85. The Balaban J connectivity index is 1.56. The normalized spacial score (nSPS) is 29.5. The summed E-state index contributed by atoms with van der Waals surface area (Å²) in [6.45, 7) is 3.50. The van der Waals surface area contributed by atoms with Gasteiger partial charge in [-0.15, -0.1) is 0 Å². The Bertz CT molecular complexity index is 516. The van der Waals surface area contributed by atoms with Crippen molar-refractivity contribution in [3.8, 4) is 0 Å². The van der Waals surface area contributed by atoms with Gasteiger partial charge in [-0.2, -0.15) is 4.98 Å². The van der Waals surface area contributed by atoms with Crippen molar-refractivity contribution in [3.63, 3.8) is 0 Å². The molecule has 0 radical (unpaired) electrons. The lowest BCUT2D eigenvalue weighted by Crippen LogP contribution is -2.45. The van der Waals surface area contributed by atoms with E-state index in [2.05, 4.69) is 10.1 Å². The van der Waals surface area contributed by atoms with E-state index in [9.17, 15) is 4.79 Å². The van der Waals surface area contributed by atoms with Gasteiger partial charge in [0.15, 0.2) is 5.82 Å². The molecule has 1 amide bonds. The summed E-state index contributed by atoms with van der Waals surface area (Å²) in [5, 5.41) is 3.97. The van der Waals surface area contributed by atoms with E-state index in [1.165, 1.54) is 0 Å². The molecule has 1 aliphatic carbocycles. The summed E-state index contributed by atoms with van der Waals surface area (Å²) in [5.74, 6) is 2.25. The maximum atomic E-state index is 12.7. The van der Waals surface area contributed by atoms with Gasteiger partial charge >= 0.3 is 0 Å². The number of aryl methyl sites for hydroxylation is 1. The number of hydrogen-bond donors (Lipinski definition) is 1. The molecule has 1 saturated heterocycles. The van der Waals surface area contributed by atoms with Crippen LogP contribution >= 0.6 is 0 Å². The minimum absolute atomic E-state index is 0.134. The largest absolute Gasteiger partial charge is 0.342 e. The summed E-state index contributed by atoms with van der Waals surface area (Å²) in [6.07, 6.45) is 6.97. The van der Waals surface area contributed by atoms with Crippen molar-refractivity contribution < 1.29 is 9.32 Å². The average Bonchev–Trinajstić information content (AvgIpc) is 2.92. The maximum absolute atomic E-state index is 12.7. The van der Waals surface area contributed by atoms with Gasteiger partial charge in [-0.3, -0.25) is 4.79 Å². The summed E-state index contributed by atoms with van der Waals surface area (Å²) in [4.78, 5) is 19.0. The van der Waals surface area contributed by atoms with Gasteiger partial charge in [-0.25, -0.2) is 0 Å². The molecule has 2 N–H and O–H groups in total. The minimum atomic E-state index is 0.134. The average molecular weight is 306 g/mol. The minimum Gasteiger partial charge on any atom is -0.342 e. The first-order chi connectivity index (χ1) is 10.6. The zero-order valence-corrected chi connectivity index (χ0v) is 13.3. The second-order valence-corrected chi connectivity index (χ2v) is 6.85. The quantitative estimate of drug-likeness (QED) is 0.918. The van der Waals surface area contributed by atoms with E-state index < -0.39 is 0 Å². The lowest BCUT2D eigenvalue weighted by molar-refractivity contribution is -0.138. The lowest BCUT2D eigenvalue weighted by atomic mass is 9.84. The Morgan fingerprint density at radius 2 is 2.23 bits per heavy atom. The van der Waals surface area contributed by atoms with Crippen molar-refractivity contribution in [2.24, 2.45) is 17.6 Å². The third-order valence-corrected chi connectivity index (χ3v) is 4.94. The summed E-state index contributed by atoms with van der Waals surface area (Å²) in [6, 6.07) is 0.200. The number of nitrogens with zero attached hydrogens (tertiary/aromatic N) is 3. The van der Waals surface area contributed by atoms with Crippen molar-refractivity contribution in [2.45, 2.75) is 57.9 Å². The predicted octanol–water partition coefficient (Wildman–Crippen LogP) is 1.68. The Morgan fingerprint density at radius 3 is 2.95 bits per heavy atom. The molecule has 3 atom stereocenters. The van der Waals surface area contributed by atoms with Crippen LogP contribution in [0.5, 0.6) is 0 Å². The van der Waals surface area contributed by atoms with Crippen LogP contribution in [-0.2, 0) is 11.2 Å². The van der Waals surface area contributed by atoms with Crippen LogP contribution in [0.2, 0.25) is 0 Å². The van der Waals surface area contributed by atoms with Gasteiger partial charge in [0.2, 0.25) is 11.8 Å². The topological polar surface area (TPSA) is 85.2 Å². The molecular formula is C16H26N4O2. The SMILES string of the molecule is Cc1nc(C[C@@H]2CCCN(C(=O)[C@@H]3CCC[C@H](N)C3)C2)no1. The van der Waals surface area contributed by atoms with Crippen molar-refractivity contribution in [2.75, 3.05) is 13.1 Å². The Kier molecular flexibility index (Phi) is 4.76. The van der Waals surface area contributed by atoms with Gasteiger partial charge < -0.3 is 15.2 Å². The molecule has 3 rings (SSSR count). The van der Waals surface area contributed by atoms with Crippen LogP contribution in [0.25, 0.3) is 0 Å². The van der Waals surface area contributed by atoms with Crippen LogP contribution < -0.4 is 5.73 Å². The summed E-state index contributed by atoms with van der Waals surface area (Å²) in [7, 11) is 0. The Morgan fingerprint density at radius 1 is 1.36 bits per heavy atom. The first kappa shape index (κ1) is 15.5. The molecule has 1 saturated carbocycles. The zero-order chi connectivity index (χ0) is 15.5. The second kappa shape index (κ2) is 6.77. The highest BCUT2D eigenvalue weighted by Crippen LogP contribution is 2.28. The van der Waals surface area contributed by atoms with Crippen molar-refractivity contribution >= 4 is 5.91 Å². The van der Waals surface area contributed by atoms with E-state index in [1.54, 1.807) is 6.92 Å². The van der Waals surface area contributed by atoms with E-state index >= 15 is 0 Å². The van der Waals surface area contributed by atoms with E-state index in [4.69, 9.17) is 10.3 Å². The van der Waals surface area contributed by atoms with Crippen LogP contribution in [0.3, 0.4) is 0 Å². The molecule has 2 aliphatic rings. The van der Waals surface area contributed by atoms with E-state index in [1.807, 2.05) is 4.90 Å². The fourth-order valence-corrected chi connectivity index (χ4v) is 3.82. The molecule has 122 valence electrons. The monoisotopic (exact) mass is 306 g/mol. The van der Waals surface area contributed by atoms with Crippen LogP contribution in [0.1, 0.15) is 50.2 Å². The smallest absolute Gasteiger partial charge is 0.225 e. The molecule has 1 aromatic rings. The van der Waals surface area contributed by atoms with E-state index in [-0.39, 0.29) is 12.0 Å². The van der Waals surface area contributed by atoms with Gasteiger partial charge in [0, 0.05) is 38.4 Å². The number of nitrogens with two attached hydrogens (primary N) is 1. The first-order valence-electron chi connectivity index (χ1n) is 8.45. The zero-order valence-electron chi connectivity index (χ0n) is 13.3. The van der Waals surface area contributed by atoms with Crippen LogP contribution in [0.4, 0.5) is 0 Å². The molecule has 1 aliphatic heterocycles. The van der Waals surface area contributed by atoms with Crippen LogP contribution in [0.15, 0.2) is 4.52 Å². The van der Waals surface area contributed by atoms with Crippen molar-refractivity contribution in [1.82, 2.24) is 15.0 Å². The molecule has 6 nitrogen and oxygen atoms in total. The van der Waals surface area contributed by atoms with Gasteiger partial charge in [0.1, 0.15) is 0 Å². The third-order valence-electron chi connectivity index (χ3n) is 4.94. The number of rotatable bonds is 3. The highest BCUT2D eigenvalue weighted by atomic mass is 16.5. The fourth-order valence-electron chi connectivity index (χ4n) is 3.82. The molecule has 0 aromatic carbocycles. The van der Waals surface area contributed by atoms with Crippen LogP contribution in [0, 0.1) is 18.8 Å². The highest BCUT2D eigenvalue weighted by Gasteiger charge is 2.32. The maximum Gasteiger partial charge on any atom is 0.225 e. The summed E-state index contributed by atoms with van der Waals surface area (Å²) < 4.78 is 5.03. The van der Waals surface area contributed by atoms with E-state index in [0.29, 0.717) is 17.7 Å². The molecule has 2 fully saturated rings. The number of carbonyl (C=O) groups excluding carboxylic acids is 1. The summed E-state index contributed by atoms with van der Waals surface area (Å²) >= 11 is 0. The third kappa shape index (κ3) is 3.66. The standard InChI is InChI=1S/C16H26N4O2/c1-11-18-15(19-22-11)8-12-4-3-7-20(10-12)16(21)13-5-2-6-14(17)9-13/h12-14H,2-10,17H2,1H3/t12-,13+,14-/m0/s1. The molecular weight excluding hydrogens is 280 g/mol. The first-order valence-corrected chi connectivity index (χ1v) is 8.45. The Hall–Kier alpha value is -1.43. The molecule has 0 spiro atoms.